The SMILES string of the molecule is C#CCOc1ccc(Br)cc1/C=C1\C(=O)NC(=O)N(c2ccc(C)cc2)C1=O. The fraction of sp³-hybridized carbons (Fsp3) is 0.0952. The van der Waals surface area contributed by atoms with E-state index < -0.39 is 17.8 Å². The molecule has 0 unspecified atom stereocenters. The van der Waals surface area contributed by atoms with Gasteiger partial charge in [0.1, 0.15) is 17.9 Å². The maximum absolute atomic E-state index is 12.9. The summed E-state index contributed by atoms with van der Waals surface area (Å²) in [5, 5.41) is 2.19. The second-order valence-corrected chi connectivity index (χ2v) is 6.88. The Morgan fingerprint density at radius 3 is 2.57 bits per heavy atom. The number of hydrogen-bond donors (Lipinski definition) is 1. The van der Waals surface area contributed by atoms with Crippen LogP contribution in [0.3, 0.4) is 0 Å². The molecular weight excluding hydrogens is 424 g/mol. The van der Waals surface area contributed by atoms with Gasteiger partial charge in [0, 0.05) is 10.0 Å². The number of benzene rings is 2. The van der Waals surface area contributed by atoms with Crippen LogP contribution >= 0.6 is 15.9 Å². The Bertz CT molecular complexity index is 1040. The van der Waals surface area contributed by atoms with Gasteiger partial charge in [-0.25, -0.2) is 9.69 Å². The smallest absolute Gasteiger partial charge is 0.335 e. The first-order valence-electron chi connectivity index (χ1n) is 8.24. The predicted molar refractivity (Wildman–Crippen MR) is 109 cm³/mol. The minimum Gasteiger partial charge on any atom is -0.480 e. The third-order valence-corrected chi connectivity index (χ3v) is 4.47. The molecule has 140 valence electrons. The maximum Gasteiger partial charge on any atom is 0.335 e. The van der Waals surface area contributed by atoms with E-state index in [1.54, 1.807) is 42.5 Å². The van der Waals surface area contributed by atoms with E-state index in [2.05, 4.69) is 27.2 Å². The van der Waals surface area contributed by atoms with E-state index in [0.29, 0.717) is 17.0 Å². The molecule has 1 N–H and O–H groups in total. The summed E-state index contributed by atoms with van der Waals surface area (Å²) < 4.78 is 6.20. The van der Waals surface area contributed by atoms with Gasteiger partial charge in [-0.15, -0.1) is 6.42 Å². The van der Waals surface area contributed by atoms with Gasteiger partial charge in [0.2, 0.25) is 0 Å². The van der Waals surface area contributed by atoms with Gasteiger partial charge in [-0.1, -0.05) is 39.5 Å². The molecule has 7 heteroatoms. The monoisotopic (exact) mass is 438 g/mol. The van der Waals surface area contributed by atoms with Gasteiger partial charge in [0.15, 0.2) is 0 Å². The van der Waals surface area contributed by atoms with E-state index in [1.165, 1.54) is 6.08 Å². The molecular formula is C21H15BrN2O4. The molecule has 2 aromatic rings. The van der Waals surface area contributed by atoms with E-state index in [-0.39, 0.29) is 12.2 Å². The Morgan fingerprint density at radius 1 is 1.18 bits per heavy atom. The lowest BCUT2D eigenvalue weighted by Crippen LogP contribution is -2.54. The highest BCUT2D eigenvalue weighted by Crippen LogP contribution is 2.28. The fourth-order valence-corrected chi connectivity index (χ4v) is 3.00. The lowest BCUT2D eigenvalue weighted by Gasteiger charge is -2.26. The first-order chi connectivity index (χ1) is 13.4. The molecule has 1 saturated heterocycles. The lowest BCUT2D eigenvalue weighted by atomic mass is 10.1. The summed E-state index contributed by atoms with van der Waals surface area (Å²) in [4.78, 5) is 38.4. The van der Waals surface area contributed by atoms with Crippen molar-refractivity contribution in [3.8, 4) is 18.1 Å². The minimum absolute atomic E-state index is 0.0337. The Labute approximate surface area is 170 Å². The first-order valence-corrected chi connectivity index (χ1v) is 9.04. The van der Waals surface area contributed by atoms with Gasteiger partial charge < -0.3 is 4.74 Å². The van der Waals surface area contributed by atoms with E-state index in [4.69, 9.17) is 11.2 Å². The molecule has 1 aliphatic rings. The molecule has 3 rings (SSSR count). The third-order valence-electron chi connectivity index (χ3n) is 3.98. The molecule has 1 fully saturated rings. The molecule has 0 aromatic heterocycles. The maximum atomic E-state index is 12.9. The molecule has 0 saturated carbocycles. The topological polar surface area (TPSA) is 75.7 Å². The van der Waals surface area contributed by atoms with Crippen molar-refractivity contribution in [2.24, 2.45) is 0 Å². The molecule has 0 atom stereocenters. The van der Waals surface area contributed by atoms with E-state index in [1.807, 2.05) is 6.92 Å². The molecule has 0 spiro atoms. The van der Waals surface area contributed by atoms with Gasteiger partial charge in [-0.2, -0.15) is 0 Å². The van der Waals surface area contributed by atoms with Crippen LogP contribution in [0.2, 0.25) is 0 Å². The number of barbiturate groups is 1. The summed E-state index contributed by atoms with van der Waals surface area (Å²) in [5.41, 5.74) is 1.62. The van der Waals surface area contributed by atoms with Crippen LogP contribution in [-0.4, -0.2) is 24.5 Å². The fourth-order valence-electron chi connectivity index (χ4n) is 2.62. The van der Waals surface area contributed by atoms with Gasteiger partial charge in [0.05, 0.1) is 5.69 Å². The van der Waals surface area contributed by atoms with E-state index >= 15 is 0 Å². The summed E-state index contributed by atoms with van der Waals surface area (Å²) in [6.07, 6.45) is 6.61. The van der Waals surface area contributed by atoms with Gasteiger partial charge in [-0.3, -0.25) is 14.9 Å². The van der Waals surface area contributed by atoms with Crippen molar-refractivity contribution in [2.75, 3.05) is 11.5 Å². The van der Waals surface area contributed by atoms with Crippen molar-refractivity contribution >= 4 is 45.5 Å². The van der Waals surface area contributed by atoms with Crippen LogP contribution in [0, 0.1) is 19.3 Å². The van der Waals surface area contributed by atoms with Crippen molar-refractivity contribution in [1.29, 1.82) is 0 Å². The number of hydrogen-bond acceptors (Lipinski definition) is 4. The summed E-state index contributed by atoms with van der Waals surface area (Å²) in [7, 11) is 0. The van der Waals surface area contributed by atoms with Crippen molar-refractivity contribution in [2.45, 2.75) is 6.92 Å². The standard InChI is InChI=1S/C21H15BrN2O4/c1-3-10-28-18-9-6-15(22)11-14(18)12-17-19(25)23-21(27)24(20(17)26)16-7-4-13(2)5-8-16/h1,4-9,11-12H,10H2,2H3,(H,23,25,27)/b17-12+. The van der Waals surface area contributed by atoms with E-state index in [0.717, 1.165) is 14.9 Å². The molecule has 6 nitrogen and oxygen atoms in total. The highest BCUT2D eigenvalue weighted by Gasteiger charge is 2.36. The van der Waals surface area contributed by atoms with Crippen LogP contribution in [0.25, 0.3) is 6.08 Å². The normalized spacial score (nSPS) is 15.4. The van der Waals surface area contributed by atoms with Crippen molar-refractivity contribution < 1.29 is 19.1 Å². The highest BCUT2D eigenvalue weighted by molar-refractivity contribution is 9.10. The van der Waals surface area contributed by atoms with Crippen LogP contribution in [0.4, 0.5) is 10.5 Å². The second-order valence-electron chi connectivity index (χ2n) is 5.97. The largest absolute Gasteiger partial charge is 0.480 e. The molecule has 28 heavy (non-hydrogen) atoms. The molecule has 1 heterocycles. The number of aryl methyl sites for hydroxylation is 1. The number of ether oxygens (including phenoxy) is 1. The predicted octanol–water partition coefficient (Wildman–Crippen LogP) is 3.44. The number of nitrogens with zero attached hydrogens (tertiary/aromatic N) is 1. The Kier molecular flexibility index (Phi) is 5.62. The number of carbonyl (C=O) groups is 3. The summed E-state index contributed by atoms with van der Waals surface area (Å²) >= 11 is 3.35. The van der Waals surface area contributed by atoms with E-state index in [9.17, 15) is 14.4 Å². The molecule has 0 aliphatic carbocycles. The van der Waals surface area contributed by atoms with Gasteiger partial charge in [-0.05, 0) is 43.3 Å². The molecule has 2 aromatic carbocycles. The zero-order valence-corrected chi connectivity index (χ0v) is 16.4. The number of rotatable bonds is 4. The highest BCUT2D eigenvalue weighted by atomic mass is 79.9. The average molecular weight is 439 g/mol. The Hall–Kier alpha value is -3.37. The number of carbonyl (C=O) groups excluding carboxylic acids is 3. The number of nitrogens with one attached hydrogen (secondary N) is 1. The summed E-state index contributed by atoms with van der Waals surface area (Å²) in [5.74, 6) is 1.28. The number of halogens is 1. The number of urea groups is 1. The minimum atomic E-state index is -0.797. The third kappa shape index (κ3) is 3.97. The Morgan fingerprint density at radius 2 is 1.89 bits per heavy atom. The molecule has 1 aliphatic heterocycles. The quantitative estimate of drug-likeness (QED) is 0.450. The first kappa shape index (κ1) is 19.4. The number of anilines is 1. The Balaban J connectivity index is 2.03. The van der Waals surface area contributed by atoms with Crippen molar-refractivity contribution in [3.05, 3.63) is 63.6 Å². The molecule has 0 bridgehead atoms. The van der Waals surface area contributed by atoms with Gasteiger partial charge in [0.25, 0.3) is 11.8 Å². The zero-order chi connectivity index (χ0) is 20.3. The van der Waals surface area contributed by atoms with Crippen LogP contribution in [0.5, 0.6) is 5.75 Å². The van der Waals surface area contributed by atoms with Crippen molar-refractivity contribution in [1.82, 2.24) is 5.32 Å². The number of imide groups is 2. The van der Waals surface area contributed by atoms with Crippen molar-refractivity contribution in [3.63, 3.8) is 0 Å². The van der Waals surface area contributed by atoms with Crippen LogP contribution < -0.4 is 15.0 Å². The van der Waals surface area contributed by atoms with Crippen LogP contribution in [0.1, 0.15) is 11.1 Å². The van der Waals surface area contributed by atoms with Gasteiger partial charge >= 0.3 is 6.03 Å². The van der Waals surface area contributed by atoms with Crippen LogP contribution in [-0.2, 0) is 9.59 Å². The number of terminal acetylenes is 1. The second kappa shape index (κ2) is 8.11. The lowest BCUT2D eigenvalue weighted by molar-refractivity contribution is -0.122. The number of amides is 4. The zero-order valence-electron chi connectivity index (χ0n) is 14.9. The summed E-state index contributed by atoms with van der Waals surface area (Å²) in [6.45, 7) is 1.92. The van der Waals surface area contributed by atoms with Crippen LogP contribution in [0.15, 0.2) is 52.5 Å². The molecule has 4 amide bonds. The molecule has 0 radical (unpaired) electrons. The average Bonchev–Trinajstić information content (AvgIpc) is 2.66. The summed E-state index contributed by atoms with van der Waals surface area (Å²) in [6, 6.07) is 11.1.